The maximum absolute atomic E-state index is 12.8. The smallest absolute Gasteiger partial charge is 0.255 e. The summed E-state index contributed by atoms with van der Waals surface area (Å²) in [4.78, 5) is 17.1. The lowest BCUT2D eigenvalue weighted by molar-refractivity contribution is 0.0118. The van der Waals surface area contributed by atoms with E-state index < -0.39 is 0 Å². The number of hydrogen-bond donors (Lipinski definition) is 1. The van der Waals surface area contributed by atoms with E-state index in [2.05, 4.69) is 23.3 Å². The van der Waals surface area contributed by atoms with Gasteiger partial charge in [0.25, 0.3) is 5.91 Å². The molecule has 4 rings (SSSR count). The van der Waals surface area contributed by atoms with Gasteiger partial charge in [0.05, 0.1) is 24.1 Å². The van der Waals surface area contributed by atoms with Gasteiger partial charge in [-0.25, -0.2) is 0 Å². The molecule has 1 aromatic carbocycles. The Bertz CT molecular complexity index is 898. The molecule has 2 aromatic rings. The fourth-order valence-electron chi connectivity index (χ4n) is 5.22. The minimum Gasteiger partial charge on any atom is -0.493 e. The van der Waals surface area contributed by atoms with E-state index >= 15 is 0 Å². The van der Waals surface area contributed by atoms with Gasteiger partial charge >= 0.3 is 0 Å². The van der Waals surface area contributed by atoms with E-state index in [-0.39, 0.29) is 11.3 Å². The highest BCUT2D eigenvalue weighted by molar-refractivity contribution is 6.04. The van der Waals surface area contributed by atoms with Gasteiger partial charge in [-0.3, -0.25) is 9.78 Å². The zero-order valence-corrected chi connectivity index (χ0v) is 19.5. The second-order valence-corrected chi connectivity index (χ2v) is 8.28. The van der Waals surface area contributed by atoms with Crippen molar-refractivity contribution >= 4 is 11.6 Å². The van der Waals surface area contributed by atoms with Gasteiger partial charge in [0.1, 0.15) is 5.75 Å². The van der Waals surface area contributed by atoms with Crippen LogP contribution in [0.2, 0.25) is 0 Å². The highest BCUT2D eigenvalue weighted by atomic mass is 16.5. The number of rotatable bonds is 4. The molecule has 1 aromatic heterocycles. The van der Waals surface area contributed by atoms with E-state index in [1.807, 2.05) is 52.1 Å². The summed E-state index contributed by atoms with van der Waals surface area (Å²) in [5.74, 6) is 1.27. The van der Waals surface area contributed by atoms with E-state index in [4.69, 9.17) is 9.47 Å². The van der Waals surface area contributed by atoms with E-state index in [9.17, 15) is 4.79 Å². The molecule has 1 fully saturated rings. The van der Waals surface area contributed by atoms with Crippen LogP contribution in [-0.2, 0) is 10.2 Å². The van der Waals surface area contributed by atoms with Crippen LogP contribution in [0.5, 0.6) is 5.75 Å². The fourth-order valence-corrected chi connectivity index (χ4v) is 5.22. The topological polar surface area (TPSA) is 60.5 Å². The standard InChI is InChI=1S/C24H30N2O3.C2H6/c1-4-24-11-9-19(28-3)15-18(24)10-13-29-22-14-17(7-8-20(22)24)23(27)26-21-6-5-12-25-16(21)2;1-2/h5-8,12,14,18-19H,4,9-11,13,15H2,1-3H3,(H,26,27);1-2H3. The summed E-state index contributed by atoms with van der Waals surface area (Å²) in [6.07, 6.45) is 7.42. The SMILES string of the molecule is CC.CCC12CCC(OC)CC1CCOc1cc(C(=O)Nc3cccnc3C)ccc12. The Morgan fingerprint density at radius 2 is 2.10 bits per heavy atom. The molecule has 31 heavy (non-hydrogen) atoms. The molecule has 5 nitrogen and oxygen atoms in total. The first kappa shape index (κ1) is 23.3. The van der Waals surface area contributed by atoms with E-state index in [0.29, 0.717) is 24.2 Å². The van der Waals surface area contributed by atoms with Crippen LogP contribution in [0.15, 0.2) is 36.5 Å². The van der Waals surface area contributed by atoms with E-state index in [1.54, 1.807) is 6.20 Å². The van der Waals surface area contributed by atoms with Gasteiger partial charge in [-0.2, -0.15) is 0 Å². The molecule has 168 valence electrons. The number of pyridine rings is 1. The van der Waals surface area contributed by atoms with Gasteiger partial charge in [-0.15, -0.1) is 0 Å². The second kappa shape index (κ2) is 10.3. The zero-order chi connectivity index (χ0) is 22.4. The number of fused-ring (bicyclic) bond motifs is 3. The average molecular weight is 425 g/mol. The van der Waals surface area contributed by atoms with Crippen LogP contribution in [-0.4, -0.2) is 30.7 Å². The number of anilines is 1. The number of hydrogen-bond acceptors (Lipinski definition) is 4. The van der Waals surface area contributed by atoms with Crippen LogP contribution in [0.1, 0.15) is 74.5 Å². The molecular formula is C26H36N2O3. The Hall–Kier alpha value is -2.40. The number of carbonyl (C=O) groups excluding carboxylic acids is 1. The molecule has 1 N–H and O–H groups in total. The van der Waals surface area contributed by atoms with Crippen LogP contribution in [0.3, 0.4) is 0 Å². The largest absolute Gasteiger partial charge is 0.493 e. The van der Waals surface area contributed by atoms with Crippen molar-refractivity contribution in [3.8, 4) is 5.75 Å². The Balaban J connectivity index is 0.00000132. The summed E-state index contributed by atoms with van der Waals surface area (Å²) in [7, 11) is 1.82. The van der Waals surface area contributed by atoms with Crippen molar-refractivity contribution in [1.29, 1.82) is 0 Å². The van der Waals surface area contributed by atoms with Crippen molar-refractivity contribution < 1.29 is 14.3 Å². The molecule has 2 aliphatic rings. The lowest BCUT2D eigenvalue weighted by Gasteiger charge is -2.45. The fraction of sp³-hybridized carbons (Fsp3) is 0.538. The van der Waals surface area contributed by atoms with Crippen molar-refractivity contribution in [3.05, 3.63) is 53.3 Å². The number of ether oxygens (including phenoxy) is 2. The molecular weight excluding hydrogens is 388 g/mol. The van der Waals surface area contributed by atoms with E-state index in [0.717, 1.165) is 49.2 Å². The molecule has 0 saturated heterocycles. The lowest BCUT2D eigenvalue weighted by atomic mass is 9.59. The molecule has 3 atom stereocenters. The normalized spacial score (nSPS) is 24.4. The first-order valence-corrected chi connectivity index (χ1v) is 11.6. The molecule has 1 aliphatic carbocycles. The predicted molar refractivity (Wildman–Crippen MR) is 125 cm³/mol. The lowest BCUT2D eigenvalue weighted by Crippen LogP contribution is -2.42. The quantitative estimate of drug-likeness (QED) is 0.662. The van der Waals surface area contributed by atoms with Gasteiger partial charge in [0.15, 0.2) is 0 Å². The number of nitrogens with zero attached hydrogens (tertiary/aromatic N) is 1. The van der Waals surface area contributed by atoms with Crippen LogP contribution in [0.25, 0.3) is 0 Å². The number of amides is 1. The summed E-state index contributed by atoms with van der Waals surface area (Å²) in [5.41, 5.74) is 3.51. The highest BCUT2D eigenvalue weighted by Gasteiger charge is 2.46. The summed E-state index contributed by atoms with van der Waals surface area (Å²) in [6, 6.07) is 9.66. The molecule has 1 amide bonds. The monoisotopic (exact) mass is 424 g/mol. The number of benzene rings is 1. The molecule has 1 aliphatic heterocycles. The van der Waals surface area contributed by atoms with Crippen molar-refractivity contribution in [3.63, 3.8) is 0 Å². The van der Waals surface area contributed by atoms with Gasteiger partial charge < -0.3 is 14.8 Å². The average Bonchev–Trinajstić information content (AvgIpc) is 2.97. The highest BCUT2D eigenvalue weighted by Crippen LogP contribution is 2.52. The van der Waals surface area contributed by atoms with Gasteiger partial charge in [0.2, 0.25) is 0 Å². The Labute approximate surface area is 186 Å². The summed E-state index contributed by atoms with van der Waals surface area (Å²) < 4.78 is 11.8. The third-order valence-corrected chi connectivity index (χ3v) is 6.96. The molecule has 3 unspecified atom stereocenters. The van der Waals surface area contributed by atoms with E-state index in [1.165, 1.54) is 5.56 Å². The third kappa shape index (κ3) is 4.62. The number of aromatic nitrogens is 1. The molecule has 5 heteroatoms. The van der Waals surface area contributed by atoms with Gasteiger partial charge in [-0.05, 0) is 69.2 Å². The summed E-state index contributed by atoms with van der Waals surface area (Å²) in [5, 5.41) is 2.97. The number of aryl methyl sites for hydroxylation is 1. The second-order valence-electron chi connectivity index (χ2n) is 8.28. The molecule has 2 heterocycles. The Morgan fingerprint density at radius 3 is 2.81 bits per heavy atom. The van der Waals surface area contributed by atoms with Crippen LogP contribution >= 0.6 is 0 Å². The van der Waals surface area contributed by atoms with Crippen LogP contribution < -0.4 is 10.1 Å². The molecule has 0 bridgehead atoms. The summed E-state index contributed by atoms with van der Waals surface area (Å²) >= 11 is 0. The van der Waals surface area contributed by atoms with Crippen molar-refractivity contribution in [2.75, 3.05) is 19.0 Å². The van der Waals surface area contributed by atoms with Crippen LogP contribution in [0.4, 0.5) is 5.69 Å². The maximum atomic E-state index is 12.8. The minimum atomic E-state index is -0.137. The number of methoxy groups -OCH3 is 1. The molecule has 0 radical (unpaired) electrons. The van der Waals surface area contributed by atoms with Crippen molar-refractivity contribution in [1.82, 2.24) is 4.98 Å². The molecule has 1 saturated carbocycles. The van der Waals surface area contributed by atoms with Crippen LogP contribution in [0, 0.1) is 12.8 Å². The van der Waals surface area contributed by atoms with Crippen molar-refractivity contribution in [2.45, 2.75) is 71.3 Å². The first-order chi connectivity index (χ1) is 15.1. The minimum absolute atomic E-state index is 0.107. The number of carbonyl (C=O) groups is 1. The van der Waals surface area contributed by atoms with Gasteiger partial charge in [-0.1, -0.05) is 26.8 Å². The predicted octanol–water partition coefficient (Wildman–Crippen LogP) is 5.91. The maximum Gasteiger partial charge on any atom is 0.255 e. The van der Waals surface area contributed by atoms with Crippen molar-refractivity contribution in [2.24, 2.45) is 5.92 Å². The number of nitrogens with one attached hydrogen (secondary N) is 1. The summed E-state index contributed by atoms with van der Waals surface area (Å²) in [6.45, 7) is 8.85. The zero-order valence-electron chi connectivity index (χ0n) is 19.5. The van der Waals surface area contributed by atoms with Gasteiger partial charge in [0, 0.05) is 29.8 Å². The molecule has 0 spiro atoms. The third-order valence-electron chi connectivity index (χ3n) is 6.96. The Morgan fingerprint density at radius 1 is 1.29 bits per heavy atom. The first-order valence-electron chi connectivity index (χ1n) is 11.6. The Kier molecular flexibility index (Phi) is 7.71.